The molecule has 1 aliphatic carbocycles. The molecule has 1 fully saturated rings. The van der Waals surface area contributed by atoms with Crippen LogP contribution in [-0.2, 0) is 19.3 Å². The van der Waals surface area contributed by atoms with Gasteiger partial charge in [-0.25, -0.2) is 9.18 Å². The van der Waals surface area contributed by atoms with Gasteiger partial charge in [-0.15, -0.1) is 0 Å². The van der Waals surface area contributed by atoms with Crippen LogP contribution in [0, 0.1) is 5.82 Å². The van der Waals surface area contributed by atoms with E-state index < -0.39 is 22.6 Å². The predicted molar refractivity (Wildman–Crippen MR) is 121 cm³/mol. The van der Waals surface area contributed by atoms with E-state index in [1.54, 1.807) is 10.6 Å². The lowest BCUT2D eigenvalue weighted by Crippen LogP contribution is -2.39. The number of halogens is 5. The van der Waals surface area contributed by atoms with Crippen molar-refractivity contribution in [2.45, 2.75) is 44.6 Å². The minimum Gasteiger partial charge on any atom is -0.473 e. The van der Waals surface area contributed by atoms with E-state index in [2.05, 4.69) is 9.88 Å². The summed E-state index contributed by atoms with van der Waals surface area (Å²) in [6.45, 7) is 1.42. The largest absolute Gasteiger partial charge is 0.473 e. The Labute approximate surface area is 202 Å². The van der Waals surface area contributed by atoms with Crippen LogP contribution in [0.15, 0.2) is 47.3 Å². The van der Waals surface area contributed by atoms with Crippen molar-refractivity contribution in [1.82, 2.24) is 9.55 Å². The van der Waals surface area contributed by atoms with E-state index in [1.165, 1.54) is 18.2 Å². The number of hydrogen-bond donors (Lipinski definition) is 0. The van der Waals surface area contributed by atoms with Crippen LogP contribution >= 0.6 is 11.6 Å². The molecule has 0 saturated heterocycles. The molecule has 184 valence electrons. The first-order valence-corrected chi connectivity index (χ1v) is 11.4. The number of benzene rings is 2. The van der Waals surface area contributed by atoms with Gasteiger partial charge in [0.2, 0.25) is 5.88 Å². The van der Waals surface area contributed by atoms with Crippen LogP contribution in [0.3, 0.4) is 0 Å². The lowest BCUT2D eigenvalue weighted by Gasteiger charge is -2.31. The first kappa shape index (κ1) is 23.5. The molecule has 0 atom stereocenters. The van der Waals surface area contributed by atoms with Gasteiger partial charge in [-0.1, -0.05) is 17.7 Å². The average Bonchev–Trinajstić information content (AvgIpc) is 3.65. The maximum Gasteiger partial charge on any atom is 0.417 e. The van der Waals surface area contributed by atoms with Gasteiger partial charge in [0.25, 0.3) is 0 Å². The Balaban J connectivity index is 1.29. The zero-order valence-electron chi connectivity index (χ0n) is 18.3. The number of hydrogen-bond acceptors (Lipinski definition) is 5. The van der Waals surface area contributed by atoms with Crippen LogP contribution in [0.1, 0.15) is 30.4 Å². The van der Waals surface area contributed by atoms with E-state index >= 15 is 0 Å². The van der Waals surface area contributed by atoms with Gasteiger partial charge in [-0.2, -0.15) is 18.2 Å². The van der Waals surface area contributed by atoms with Crippen LogP contribution in [-0.4, -0.2) is 22.1 Å². The number of fused-ring (bicyclic) bond motifs is 1. The third kappa shape index (κ3) is 5.07. The maximum absolute atomic E-state index is 14.6. The van der Waals surface area contributed by atoms with Crippen molar-refractivity contribution < 1.29 is 27.0 Å². The molecule has 2 heterocycles. The third-order valence-electron chi connectivity index (χ3n) is 5.88. The van der Waals surface area contributed by atoms with Crippen molar-refractivity contribution >= 4 is 17.4 Å². The molecule has 0 N–H and O–H groups in total. The highest BCUT2D eigenvalue weighted by molar-refractivity contribution is 6.31. The van der Waals surface area contributed by atoms with E-state index in [9.17, 15) is 22.4 Å². The molecule has 2 aliphatic rings. The van der Waals surface area contributed by atoms with Gasteiger partial charge < -0.3 is 14.4 Å². The Morgan fingerprint density at radius 3 is 2.60 bits per heavy atom. The van der Waals surface area contributed by atoms with Crippen LogP contribution in [0.4, 0.5) is 23.4 Å². The quantitative estimate of drug-likeness (QED) is 0.393. The summed E-state index contributed by atoms with van der Waals surface area (Å²) < 4.78 is 66.4. The molecule has 1 aliphatic heterocycles. The normalized spacial score (nSPS) is 15.6. The minimum atomic E-state index is -4.67. The molecular formula is C24H20ClF4N3O3. The number of alkyl halides is 3. The van der Waals surface area contributed by atoms with Gasteiger partial charge >= 0.3 is 11.9 Å². The summed E-state index contributed by atoms with van der Waals surface area (Å²) in [6.07, 6.45) is -1.60. The molecule has 0 unspecified atom stereocenters. The van der Waals surface area contributed by atoms with Crippen molar-refractivity contribution in [3.8, 4) is 17.4 Å². The highest BCUT2D eigenvalue weighted by Gasteiger charge is 2.34. The van der Waals surface area contributed by atoms with E-state index in [0.29, 0.717) is 24.2 Å². The lowest BCUT2D eigenvalue weighted by molar-refractivity contribution is -0.137. The summed E-state index contributed by atoms with van der Waals surface area (Å²) in [6, 6.07) is 9.09. The topological polar surface area (TPSA) is 56.6 Å². The molecule has 2 aromatic carbocycles. The molecule has 0 bridgehead atoms. The standard InChI is InChI=1S/C24H20ClF4N3O3/c25-18-6-5-16(11-17(18)24(27,28)29)35-20-7-2-14(10-19(20)26)13-34-21-12-22-31(15-3-4-15)8-1-9-32(22)23(33)30-21/h2,5-7,10-12,15H,1,3-4,8-9,13H2. The zero-order chi connectivity index (χ0) is 24.7. The Morgan fingerprint density at radius 1 is 1.09 bits per heavy atom. The SMILES string of the molecule is O=c1nc(OCc2ccc(Oc3ccc(Cl)c(C(F)(F)F)c3)c(F)c2)cc2n1CCCN2C1CC1. The van der Waals surface area contributed by atoms with Crippen LogP contribution in [0.2, 0.25) is 5.02 Å². The van der Waals surface area contributed by atoms with Gasteiger partial charge in [-0.3, -0.25) is 4.57 Å². The smallest absolute Gasteiger partial charge is 0.417 e. The van der Waals surface area contributed by atoms with Crippen LogP contribution in [0.25, 0.3) is 0 Å². The fraction of sp³-hybridized carbons (Fsp3) is 0.333. The molecule has 0 spiro atoms. The Kier molecular flexibility index (Phi) is 6.08. The molecule has 3 aromatic rings. The van der Waals surface area contributed by atoms with E-state index in [1.807, 2.05) is 0 Å². The highest BCUT2D eigenvalue weighted by Crippen LogP contribution is 2.38. The Hall–Kier alpha value is -3.27. The molecule has 0 radical (unpaired) electrons. The fourth-order valence-electron chi connectivity index (χ4n) is 4.05. The number of ether oxygens (including phenoxy) is 2. The second kappa shape index (κ2) is 9.07. The summed E-state index contributed by atoms with van der Waals surface area (Å²) in [4.78, 5) is 18.6. The summed E-state index contributed by atoms with van der Waals surface area (Å²) >= 11 is 5.60. The average molecular weight is 510 g/mol. The van der Waals surface area contributed by atoms with Gasteiger partial charge in [-0.05, 0) is 55.2 Å². The molecule has 11 heteroatoms. The Morgan fingerprint density at radius 2 is 1.89 bits per heavy atom. The molecule has 0 amide bonds. The maximum atomic E-state index is 14.6. The van der Waals surface area contributed by atoms with Crippen molar-refractivity contribution in [1.29, 1.82) is 0 Å². The summed E-state index contributed by atoms with van der Waals surface area (Å²) in [7, 11) is 0. The third-order valence-corrected chi connectivity index (χ3v) is 6.21. The van der Waals surface area contributed by atoms with E-state index in [4.69, 9.17) is 21.1 Å². The Bertz CT molecular complexity index is 1320. The first-order valence-electron chi connectivity index (χ1n) is 11.0. The summed E-state index contributed by atoms with van der Waals surface area (Å²) in [5.41, 5.74) is -1.03. The predicted octanol–water partition coefficient (Wildman–Crippen LogP) is 5.80. The molecule has 5 rings (SSSR count). The van der Waals surface area contributed by atoms with E-state index in [0.717, 1.165) is 43.8 Å². The van der Waals surface area contributed by atoms with Gasteiger partial charge in [0.15, 0.2) is 11.6 Å². The molecule has 1 aromatic heterocycles. The van der Waals surface area contributed by atoms with Gasteiger partial charge in [0.05, 0.1) is 10.6 Å². The van der Waals surface area contributed by atoms with E-state index in [-0.39, 0.29) is 29.7 Å². The fourth-order valence-corrected chi connectivity index (χ4v) is 4.28. The van der Waals surface area contributed by atoms with Crippen molar-refractivity contribution in [2.24, 2.45) is 0 Å². The second-order valence-corrected chi connectivity index (χ2v) is 8.87. The summed E-state index contributed by atoms with van der Waals surface area (Å²) in [5.74, 6) is -0.314. The summed E-state index contributed by atoms with van der Waals surface area (Å²) in [5, 5.41) is -0.478. The minimum absolute atomic E-state index is 0.0598. The first-order chi connectivity index (χ1) is 16.7. The van der Waals surface area contributed by atoms with Crippen molar-refractivity contribution in [2.75, 3.05) is 11.4 Å². The number of anilines is 1. The second-order valence-electron chi connectivity index (χ2n) is 8.46. The number of aromatic nitrogens is 2. The van der Waals surface area contributed by atoms with Gasteiger partial charge in [0.1, 0.15) is 18.2 Å². The van der Waals surface area contributed by atoms with Crippen LogP contribution in [0.5, 0.6) is 17.4 Å². The van der Waals surface area contributed by atoms with Crippen molar-refractivity contribution in [3.05, 3.63) is 74.9 Å². The lowest BCUT2D eigenvalue weighted by atomic mass is 10.2. The van der Waals surface area contributed by atoms with Crippen LogP contribution < -0.4 is 20.1 Å². The molecule has 6 nitrogen and oxygen atoms in total. The molecule has 35 heavy (non-hydrogen) atoms. The number of rotatable bonds is 6. The van der Waals surface area contributed by atoms with Crippen molar-refractivity contribution in [3.63, 3.8) is 0 Å². The monoisotopic (exact) mass is 509 g/mol. The highest BCUT2D eigenvalue weighted by atomic mass is 35.5. The molecule has 1 saturated carbocycles. The van der Waals surface area contributed by atoms with Gasteiger partial charge in [0, 0.05) is 25.2 Å². The number of nitrogens with zero attached hydrogens (tertiary/aromatic N) is 3. The zero-order valence-corrected chi connectivity index (χ0v) is 19.1. The molecular weight excluding hydrogens is 490 g/mol.